The number of halogens is 2. The zero-order valence-electron chi connectivity index (χ0n) is 20.5. The quantitative estimate of drug-likeness (QED) is 0.253. The lowest BCUT2D eigenvalue weighted by Crippen LogP contribution is -2.24. The monoisotopic (exact) mass is 491 g/mol. The second kappa shape index (κ2) is 10.8. The van der Waals surface area contributed by atoms with Gasteiger partial charge in [0.05, 0.1) is 17.7 Å². The molecule has 5 rings (SSSR count). The summed E-state index contributed by atoms with van der Waals surface area (Å²) in [7, 11) is 0. The molecule has 0 saturated carbocycles. The highest BCUT2D eigenvalue weighted by Gasteiger charge is 2.37. The van der Waals surface area contributed by atoms with Crippen LogP contribution in [0.2, 0.25) is 5.02 Å². The van der Waals surface area contributed by atoms with Crippen LogP contribution in [-0.4, -0.2) is 10.4 Å². The number of carbonyl (C=O) groups excluding carboxylic acids is 1. The van der Waals surface area contributed by atoms with Gasteiger partial charge in [-0.2, -0.15) is 0 Å². The zero-order valence-corrected chi connectivity index (χ0v) is 21.2. The molecule has 4 aromatic rings. The molecule has 2 heterocycles. The van der Waals surface area contributed by atoms with Crippen molar-refractivity contribution in [1.29, 1.82) is 0 Å². The third-order valence-corrected chi connectivity index (χ3v) is 6.79. The molecule has 3 nitrogen and oxygen atoms in total. The Hall–Kier alpha value is -2.95. The minimum absolute atomic E-state index is 0.0279. The van der Waals surface area contributed by atoms with Crippen LogP contribution in [0.5, 0.6) is 0 Å². The molecule has 0 aliphatic carbocycles. The second-order valence-electron chi connectivity index (χ2n) is 9.05. The Morgan fingerprint density at radius 1 is 1.03 bits per heavy atom. The first-order chi connectivity index (χ1) is 16.9. The molecule has 0 spiro atoms. The summed E-state index contributed by atoms with van der Waals surface area (Å²) in [4.78, 5) is 11.7. The van der Waals surface area contributed by atoms with Crippen LogP contribution < -0.4 is 0 Å². The number of hydrogen-bond acceptors (Lipinski definition) is 2. The standard InChI is InChI=1S/C16H11ClFNO.C14H20O/c1-10(20)15-9-19(13-4-2-3-12(18)8-13)16-7-11(17)5-6-14(15)16;1-3-9-14(10-4-2)13-8-6-5-7-12(13)11-15-14/h2-9H,1H3;5-8H,3-4,9-11H2,1-2H3. The van der Waals surface area contributed by atoms with Crippen LogP contribution in [0, 0.1) is 5.82 Å². The molecule has 3 aromatic carbocycles. The molecular weight excluding hydrogens is 461 g/mol. The molecule has 5 heteroatoms. The SMILES string of the molecule is CC(=O)c1cn(-c2cccc(F)c2)c2cc(Cl)ccc12.CCCC1(CCC)OCc2ccccc21. The van der Waals surface area contributed by atoms with Crippen LogP contribution in [0.15, 0.2) is 72.9 Å². The molecular formula is C30H31ClFNO2. The fraction of sp³-hybridized carbons (Fsp3) is 0.300. The van der Waals surface area contributed by atoms with Gasteiger partial charge in [0.1, 0.15) is 5.82 Å². The average molecular weight is 492 g/mol. The number of carbonyl (C=O) groups is 1. The van der Waals surface area contributed by atoms with Crippen LogP contribution in [0.25, 0.3) is 16.6 Å². The number of rotatable bonds is 6. The first-order valence-electron chi connectivity index (χ1n) is 12.2. The smallest absolute Gasteiger partial charge is 0.161 e. The van der Waals surface area contributed by atoms with Crippen molar-refractivity contribution in [2.45, 2.75) is 58.7 Å². The van der Waals surface area contributed by atoms with Crippen LogP contribution in [0.1, 0.15) is 67.9 Å². The van der Waals surface area contributed by atoms with Crippen molar-refractivity contribution >= 4 is 28.3 Å². The average Bonchev–Trinajstić information content (AvgIpc) is 3.39. The maximum atomic E-state index is 13.4. The van der Waals surface area contributed by atoms with Crippen molar-refractivity contribution < 1.29 is 13.9 Å². The van der Waals surface area contributed by atoms with Crippen molar-refractivity contribution in [3.8, 4) is 5.69 Å². The summed E-state index contributed by atoms with van der Waals surface area (Å²) in [6.45, 7) is 6.79. The van der Waals surface area contributed by atoms with Crippen molar-refractivity contribution in [2.24, 2.45) is 0 Å². The minimum Gasteiger partial charge on any atom is -0.366 e. The molecule has 1 aliphatic heterocycles. The van der Waals surface area contributed by atoms with Gasteiger partial charge in [0, 0.05) is 27.9 Å². The fourth-order valence-electron chi connectivity index (χ4n) is 5.05. The number of benzene rings is 3. The maximum Gasteiger partial charge on any atom is 0.161 e. The minimum atomic E-state index is -0.323. The topological polar surface area (TPSA) is 31.2 Å². The lowest BCUT2D eigenvalue weighted by atomic mass is 9.85. The van der Waals surface area contributed by atoms with Crippen LogP contribution in [-0.2, 0) is 16.9 Å². The largest absolute Gasteiger partial charge is 0.366 e. The van der Waals surface area contributed by atoms with E-state index in [1.54, 1.807) is 35.0 Å². The van der Waals surface area contributed by atoms with Gasteiger partial charge in [-0.05, 0) is 61.2 Å². The Labute approximate surface area is 211 Å². The molecule has 1 aromatic heterocycles. The number of nitrogens with zero attached hydrogens (tertiary/aromatic N) is 1. The van der Waals surface area contributed by atoms with Gasteiger partial charge < -0.3 is 9.30 Å². The van der Waals surface area contributed by atoms with Gasteiger partial charge in [-0.25, -0.2) is 4.39 Å². The summed E-state index contributed by atoms with van der Waals surface area (Å²) in [5.41, 5.74) is 4.90. The van der Waals surface area contributed by atoms with E-state index < -0.39 is 0 Å². The van der Waals surface area contributed by atoms with E-state index in [1.165, 1.54) is 43.0 Å². The summed E-state index contributed by atoms with van der Waals surface area (Å²) < 4.78 is 21.3. The molecule has 35 heavy (non-hydrogen) atoms. The Balaban J connectivity index is 0.000000172. The van der Waals surface area contributed by atoms with Crippen molar-refractivity contribution in [2.75, 3.05) is 0 Å². The Bertz CT molecular complexity index is 1330. The highest BCUT2D eigenvalue weighted by Crippen LogP contribution is 2.43. The van der Waals surface area contributed by atoms with Crippen LogP contribution in [0.4, 0.5) is 4.39 Å². The third kappa shape index (κ3) is 5.19. The van der Waals surface area contributed by atoms with E-state index >= 15 is 0 Å². The maximum absolute atomic E-state index is 13.4. The zero-order chi connectivity index (χ0) is 25.0. The predicted octanol–water partition coefficient (Wildman–Crippen LogP) is 8.64. The van der Waals surface area contributed by atoms with E-state index in [2.05, 4.69) is 38.1 Å². The number of hydrogen-bond donors (Lipinski definition) is 0. The molecule has 0 saturated heterocycles. The van der Waals surface area contributed by atoms with Crippen LogP contribution in [0.3, 0.4) is 0 Å². The van der Waals surface area contributed by atoms with E-state index in [0.717, 1.165) is 30.4 Å². The van der Waals surface area contributed by atoms with Crippen molar-refractivity contribution in [3.05, 3.63) is 100 Å². The molecule has 0 fully saturated rings. The highest BCUT2D eigenvalue weighted by atomic mass is 35.5. The summed E-state index contributed by atoms with van der Waals surface area (Å²) >= 11 is 6.03. The first-order valence-corrected chi connectivity index (χ1v) is 12.6. The molecule has 1 aliphatic rings. The van der Waals surface area contributed by atoms with Crippen molar-refractivity contribution in [1.82, 2.24) is 4.57 Å². The molecule has 0 N–H and O–H groups in total. The van der Waals surface area contributed by atoms with Gasteiger partial charge in [0.2, 0.25) is 0 Å². The van der Waals surface area contributed by atoms with Crippen molar-refractivity contribution in [3.63, 3.8) is 0 Å². The summed E-state index contributed by atoms with van der Waals surface area (Å²) in [6, 6.07) is 20.2. The number of ether oxygens (including phenoxy) is 1. The molecule has 182 valence electrons. The second-order valence-corrected chi connectivity index (χ2v) is 9.49. The van der Waals surface area contributed by atoms with E-state index in [1.807, 2.05) is 6.07 Å². The summed E-state index contributed by atoms with van der Waals surface area (Å²) in [5, 5.41) is 1.38. The van der Waals surface area contributed by atoms with Gasteiger partial charge in [0.15, 0.2) is 5.78 Å². The third-order valence-electron chi connectivity index (χ3n) is 6.55. The van der Waals surface area contributed by atoms with Crippen LogP contribution >= 0.6 is 11.6 Å². The Kier molecular flexibility index (Phi) is 7.73. The molecule has 0 atom stereocenters. The molecule has 0 amide bonds. The summed E-state index contributed by atoms with van der Waals surface area (Å²) in [5.74, 6) is -0.358. The predicted molar refractivity (Wildman–Crippen MR) is 141 cm³/mol. The van der Waals surface area contributed by atoms with E-state index in [0.29, 0.717) is 16.3 Å². The Morgan fingerprint density at radius 2 is 1.77 bits per heavy atom. The number of Topliss-reactive ketones (excluding diaryl/α,β-unsaturated/α-hetero) is 1. The van der Waals surface area contributed by atoms with E-state index in [4.69, 9.17) is 16.3 Å². The lowest BCUT2D eigenvalue weighted by Gasteiger charge is -2.29. The van der Waals surface area contributed by atoms with E-state index in [-0.39, 0.29) is 17.2 Å². The summed E-state index contributed by atoms with van der Waals surface area (Å²) in [6.07, 6.45) is 6.40. The normalized spacial score (nSPS) is 13.9. The van der Waals surface area contributed by atoms with Gasteiger partial charge >= 0.3 is 0 Å². The van der Waals surface area contributed by atoms with Gasteiger partial charge in [0.25, 0.3) is 0 Å². The number of fused-ring (bicyclic) bond motifs is 2. The van der Waals surface area contributed by atoms with Gasteiger partial charge in [-0.3, -0.25) is 4.79 Å². The van der Waals surface area contributed by atoms with E-state index in [9.17, 15) is 9.18 Å². The van der Waals surface area contributed by atoms with Gasteiger partial charge in [-0.15, -0.1) is 0 Å². The lowest BCUT2D eigenvalue weighted by molar-refractivity contribution is -0.0518. The van der Waals surface area contributed by atoms with Gasteiger partial charge in [-0.1, -0.05) is 74.7 Å². The Morgan fingerprint density at radius 3 is 2.46 bits per heavy atom. The highest BCUT2D eigenvalue weighted by molar-refractivity contribution is 6.31. The fourth-order valence-corrected chi connectivity index (χ4v) is 5.22. The number of aromatic nitrogens is 1. The molecule has 0 radical (unpaired) electrons. The molecule has 0 bridgehead atoms. The first kappa shape index (κ1) is 25.2. The molecule has 0 unspecified atom stereocenters. The number of ketones is 1.